The molecule has 2 aliphatic heterocycles. The van der Waals surface area contributed by atoms with E-state index in [1.54, 1.807) is 54.6 Å². The molecule has 7 nitrogen and oxygen atoms in total. The summed E-state index contributed by atoms with van der Waals surface area (Å²) in [5.74, 6) is 0.267. The number of nitrogen functional groups attached to an aromatic ring is 2. The van der Waals surface area contributed by atoms with Gasteiger partial charge in [-0.05, 0) is 48.9 Å². The number of carbonyl (C=O) groups excluding carboxylic acids is 2. The summed E-state index contributed by atoms with van der Waals surface area (Å²) in [5, 5.41) is 2.87. The summed E-state index contributed by atoms with van der Waals surface area (Å²) in [6, 6.07) is 15.4. The molecule has 3 aromatic rings. The Balaban J connectivity index is 1.78. The summed E-state index contributed by atoms with van der Waals surface area (Å²) < 4.78 is 12.2. The summed E-state index contributed by atoms with van der Waals surface area (Å²) >= 11 is 0. The van der Waals surface area contributed by atoms with E-state index in [0.29, 0.717) is 57.2 Å². The zero-order valence-electron chi connectivity index (χ0n) is 16.9. The lowest BCUT2D eigenvalue weighted by Gasteiger charge is -2.36. The second-order valence-corrected chi connectivity index (χ2v) is 7.70. The third-order valence-electron chi connectivity index (χ3n) is 5.65. The summed E-state index contributed by atoms with van der Waals surface area (Å²) in [6.45, 7) is 2.55. The molecule has 0 saturated carbocycles. The number of carbonyl (C=O) groups is 2. The lowest BCUT2D eigenvalue weighted by atomic mass is 9.77. The van der Waals surface area contributed by atoms with E-state index in [9.17, 15) is 9.59 Å². The predicted octanol–water partition coefficient (Wildman–Crippen LogP) is 3.56. The minimum Gasteiger partial charge on any atom is -0.456 e. The molecule has 3 aromatic carbocycles. The van der Waals surface area contributed by atoms with Crippen molar-refractivity contribution in [3.63, 3.8) is 0 Å². The number of nitrogens with one attached hydrogen (secondary N) is 1. The van der Waals surface area contributed by atoms with Crippen LogP contribution in [0.1, 0.15) is 50.8 Å². The molecule has 0 saturated heterocycles. The molecule has 5 rings (SSSR count). The Morgan fingerprint density at radius 2 is 1.58 bits per heavy atom. The summed E-state index contributed by atoms with van der Waals surface area (Å²) in [4.78, 5) is 25.6. The molecule has 31 heavy (non-hydrogen) atoms. The lowest BCUT2D eigenvalue weighted by molar-refractivity contribution is 0.0224. The summed E-state index contributed by atoms with van der Waals surface area (Å²) in [5.41, 5.74) is 14.4. The van der Waals surface area contributed by atoms with Gasteiger partial charge in [-0.25, -0.2) is 4.79 Å². The molecule has 2 aliphatic rings. The Kier molecular flexibility index (Phi) is 4.15. The van der Waals surface area contributed by atoms with Gasteiger partial charge in [0.25, 0.3) is 5.91 Å². The largest absolute Gasteiger partial charge is 0.456 e. The number of anilines is 2. The number of ether oxygens (including phenoxy) is 2. The summed E-state index contributed by atoms with van der Waals surface area (Å²) in [6.07, 6.45) is 0.823. The molecule has 2 heterocycles. The van der Waals surface area contributed by atoms with Crippen LogP contribution >= 0.6 is 0 Å². The van der Waals surface area contributed by atoms with E-state index in [4.69, 9.17) is 20.9 Å². The van der Waals surface area contributed by atoms with E-state index in [0.717, 1.165) is 6.42 Å². The molecule has 7 heteroatoms. The third-order valence-corrected chi connectivity index (χ3v) is 5.65. The van der Waals surface area contributed by atoms with E-state index >= 15 is 0 Å². The molecule has 0 unspecified atom stereocenters. The zero-order valence-corrected chi connectivity index (χ0v) is 16.9. The van der Waals surface area contributed by atoms with Crippen LogP contribution in [0.15, 0.2) is 54.6 Å². The smallest absolute Gasteiger partial charge is 0.340 e. The number of hydrogen-bond acceptors (Lipinski definition) is 6. The van der Waals surface area contributed by atoms with Gasteiger partial charge in [-0.1, -0.05) is 6.92 Å². The fourth-order valence-corrected chi connectivity index (χ4v) is 4.24. The second-order valence-electron chi connectivity index (χ2n) is 7.70. The first-order chi connectivity index (χ1) is 14.9. The van der Waals surface area contributed by atoms with Crippen LogP contribution in [-0.2, 0) is 10.3 Å². The van der Waals surface area contributed by atoms with Gasteiger partial charge in [-0.15, -0.1) is 0 Å². The Morgan fingerprint density at radius 3 is 2.19 bits per heavy atom. The number of amides is 1. The van der Waals surface area contributed by atoms with Crippen molar-refractivity contribution in [2.75, 3.05) is 18.0 Å². The fourth-order valence-electron chi connectivity index (χ4n) is 4.24. The number of fused-ring (bicyclic) bond motifs is 6. The maximum Gasteiger partial charge on any atom is 0.340 e. The molecule has 1 spiro atoms. The van der Waals surface area contributed by atoms with E-state index in [-0.39, 0.29) is 5.91 Å². The number of nitrogens with two attached hydrogens (primary N) is 2. The van der Waals surface area contributed by atoms with Gasteiger partial charge in [-0.2, -0.15) is 0 Å². The molecular weight excluding hydrogens is 394 g/mol. The van der Waals surface area contributed by atoms with Crippen molar-refractivity contribution in [3.8, 4) is 11.5 Å². The third kappa shape index (κ3) is 2.73. The second kappa shape index (κ2) is 6.77. The van der Waals surface area contributed by atoms with Crippen molar-refractivity contribution >= 4 is 23.3 Å². The van der Waals surface area contributed by atoms with Gasteiger partial charge < -0.3 is 26.3 Å². The zero-order chi connectivity index (χ0) is 21.8. The molecule has 0 fully saturated rings. The number of esters is 1. The lowest BCUT2D eigenvalue weighted by Crippen LogP contribution is -2.33. The number of rotatable bonds is 3. The van der Waals surface area contributed by atoms with Crippen molar-refractivity contribution in [1.29, 1.82) is 0 Å². The molecule has 0 aromatic heterocycles. The van der Waals surface area contributed by atoms with Gasteiger partial charge in [0, 0.05) is 52.3 Å². The first-order valence-electron chi connectivity index (χ1n) is 10.1. The normalized spacial score (nSPS) is 14.8. The van der Waals surface area contributed by atoms with Crippen LogP contribution in [0, 0.1) is 0 Å². The van der Waals surface area contributed by atoms with Gasteiger partial charge >= 0.3 is 5.97 Å². The average Bonchev–Trinajstić information content (AvgIpc) is 3.04. The Labute approximate surface area is 179 Å². The number of benzene rings is 3. The van der Waals surface area contributed by atoms with E-state index in [2.05, 4.69) is 5.32 Å². The Hall–Kier alpha value is -4.00. The van der Waals surface area contributed by atoms with Crippen molar-refractivity contribution in [2.45, 2.75) is 18.9 Å². The van der Waals surface area contributed by atoms with Crippen molar-refractivity contribution in [2.24, 2.45) is 0 Å². The van der Waals surface area contributed by atoms with Crippen LogP contribution in [0.25, 0.3) is 0 Å². The molecule has 5 N–H and O–H groups in total. The minimum absolute atomic E-state index is 0.207. The molecule has 0 radical (unpaired) electrons. The highest BCUT2D eigenvalue weighted by atomic mass is 16.6. The highest BCUT2D eigenvalue weighted by Gasteiger charge is 2.53. The average molecular weight is 415 g/mol. The van der Waals surface area contributed by atoms with E-state index in [1.165, 1.54) is 0 Å². The minimum atomic E-state index is -1.27. The highest BCUT2D eigenvalue weighted by molar-refractivity contribution is 6.00. The van der Waals surface area contributed by atoms with Crippen LogP contribution in [-0.4, -0.2) is 18.4 Å². The standard InChI is InChI=1S/C24H21N3O4/c1-2-9-27-22(28)13-3-6-16-19(10-13)24(31-23(16)29)17-7-4-14(25)11-20(17)30-21-12-15(26)5-8-18(21)24/h3-8,10-12H,2,9,25-26H2,1H3,(H,27,28). The Bertz CT molecular complexity index is 1200. The van der Waals surface area contributed by atoms with Crippen LogP contribution in [0.5, 0.6) is 11.5 Å². The van der Waals surface area contributed by atoms with Gasteiger partial charge in [0.2, 0.25) is 0 Å². The molecule has 0 bridgehead atoms. The monoisotopic (exact) mass is 415 g/mol. The summed E-state index contributed by atoms with van der Waals surface area (Å²) in [7, 11) is 0. The van der Waals surface area contributed by atoms with Crippen molar-refractivity contribution in [1.82, 2.24) is 5.32 Å². The van der Waals surface area contributed by atoms with Crippen LogP contribution in [0.2, 0.25) is 0 Å². The van der Waals surface area contributed by atoms with Crippen molar-refractivity contribution < 1.29 is 19.1 Å². The SMILES string of the molecule is CCCNC(=O)c1ccc2c(c1)C1(OC2=O)c2ccc(N)cc2Oc2cc(N)ccc21. The molecule has 1 amide bonds. The van der Waals surface area contributed by atoms with E-state index in [1.807, 2.05) is 6.92 Å². The highest BCUT2D eigenvalue weighted by Crippen LogP contribution is 2.56. The predicted molar refractivity (Wildman–Crippen MR) is 116 cm³/mol. The van der Waals surface area contributed by atoms with Crippen molar-refractivity contribution in [3.05, 3.63) is 82.4 Å². The Morgan fingerprint density at radius 1 is 0.935 bits per heavy atom. The maximum atomic E-state index is 12.9. The molecule has 0 aliphatic carbocycles. The topological polar surface area (TPSA) is 117 Å². The van der Waals surface area contributed by atoms with Gasteiger partial charge in [0.15, 0.2) is 5.60 Å². The van der Waals surface area contributed by atoms with Gasteiger partial charge in [0.05, 0.1) is 5.56 Å². The first kappa shape index (κ1) is 19.0. The van der Waals surface area contributed by atoms with Gasteiger partial charge in [-0.3, -0.25) is 4.79 Å². The molecule has 0 atom stereocenters. The van der Waals surface area contributed by atoms with E-state index < -0.39 is 11.6 Å². The fraction of sp³-hybridized carbons (Fsp3) is 0.167. The van der Waals surface area contributed by atoms with Crippen LogP contribution < -0.4 is 21.5 Å². The van der Waals surface area contributed by atoms with Crippen LogP contribution in [0.3, 0.4) is 0 Å². The maximum absolute atomic E-state index is 12.9. The first-order valence-corrected chi connectivity index (χ1v) is 10.1. The quantitative estimate of drug-likeness (QED) is 0.445. The number of hydrogen-bond donors (Lipinski definition) is 3. The van der Waals surface area contributed by atoms with Gasteiger partial charge in [0.1, 0.15) is 11.5 Å². The molecular formula is C24H21N3O4. The molecule has 156 valence electrons. The van der Waals surface area contributed by atoms with Crippen LogP contribution in [0.4, 0.5) is 11.4 Å².